The smallest absolute Gasteiger partial charge is 0.00207 e. The van der Waals surface area contributed by atoms with Crippen LogP contribution in [-0.4, -0.2) is 0 Å². The second kappa shape index (κ2) is 5.80. The zero-order chi connectivity index (χ0) is 8.69. The molecule has 0 heterocycles. The first-order chi connectivity index (χ1) is 5.33. The maximum atomic E-state index is 5.20. The summed E-state index contributed by atoms with van der Waals surface area (Å²) in [6.45, 7) is 6.13. The third kappa shape index (κ3) is 3.68. The lowest BCUT2D eigenvalue weighted by molar-refractivity contribution is 0.934. The molecule has 1 aliphatic rings. The SMILES string of the molecule is C#CC1=CC=C(C)CC1.CC. The lowest BCUT2D eigenvalue weighted by Crippen LogP contribution is -1.87. The van der Waals surface area contributed by atoms with Crippen LogP contribution in [0.3, 0.4) is 0 Å². The Morgan fingerprint density at radius 1 is 1.27 bits per heavy atom. The van der Waals surface area contributed by atoms with E-state index in [1.807, 2.05) is 19.9 Å². The van der Waals surface area contributed by atoms with Gasteiger partial charge in [-0.25, -0.2) is 0 Å². The van der Waals surface area contributed by atoms with Gasteiger partial charge in [-0.05, 0) is 19.8 Å². The van der Waals surface area contributed by atoms with Gasteiger partial charge in [0.15, 0.2) is 0 Å². The van der Waals surface area contributed by atoms with Gasteiger partial charge in [0.05, 0.1) is 0 Å². The van der Waals surface area contributed by atoms with Crippen LogP contribution in [0.5, 0.6) is 0 Å². The number of allylic oxidation sites excluding steroid dienone is 4. The zero-order valence-electron chi connectivity index (χ0n) is 7.65. The summed E-state index contributed by atoms with van der Waals surface area (Å²) in [5.74, 6) is 2.64. The molecule has 0 aromatic heterocycles. The van der Waals surface area contributed by atoms with Crippen molar-refractivity contribution in [2.45, 2.75) is 33.6 Å². The molecule has 0 fully saturated rings. The van der Waals surface area contributed by atoms with Gasteiger partial charge in [-0.15, -0.1) is 6.42 Å². The van der Waals surface area contributed by atoms with Crippen LogP contribution in [0.4, 0.5) is 0 Å². The van der Waals surface area contributed by atoms with Crippen molar-refractivity contribution in [1.29, 1.82) is 0 Å². The summed E-state index contributed by atoms with van der Waals surface area (Å²) >= 11 is 0. The topological polar surface area (TPSA) is 0 Å². The Kier molecular flexibility index (Phi) is 5.29. The van der Waals surface area contributed by atoms with E-state index in [2.05, 4.69) is 18.9 Å². The van der Waals surface area contributed by atoms with Crippen molar-refractivity contribution >= 4 is 0 Å². The minimum absolute atomic E-state index is 1.05. The fraction of sp³-hybridized carbons (Fsp3) is 0.455. The van der Waals surface area contributed by atoms with Crippen molar-refractivity contribution in [2.75, 3.05) is 0 Å². The highest BCUT2D eigenvalue weighted by molar-refractivity contribution is 5.34. The molecule has 60 valence electrons. The van der Waals surface area contributed by atoms with Crippen molar-refractivity contribution in [3.05, 3.63) is 23.3 Å². The molecule has 0 atom stereocenters. The van der Waals surface area contributed by atoms with E-state index in [1.54, 1.807) is 0 Å². The molecular formula is C11H16. The summed E-state index contributed by atoms with van der Waals surface area (Å²) in [5.41, 5.74) is 2.55. The van der Waals surface area contributed by atoms with E-state index >= 15 is 0 Å². The largest absolute Gasteiger partial charge is 0.115 e. The standard InChI is InChI=1S/C9H10.C2H6/c1-3-9-6-4-8(2)5-7-9;1-2/h1,4,6H,5,7H2,2H3;1-2H3. The van der Waals surface area contributed by atoms with E-state index in [0.717, 1.165) is 18.4 Å². The van der Waals surface area contributed by atoms with Gasteiger partial charge in [-0.2, -0.15) is 0 Å². The van der Waals surface area contributed by atoms with Gasteiger partial charge in [0, 0.05) is 5.57 Å². The quantitative estimate of drug-likeness (QED) is 0.462. The second-order valence-electron chi connectivity index (χ2n) is 2.35. The highest BCUT2D eigenvalue weighted by Gasteiger charge is 1.98. The van der Waals surface area contributed by atoms with E-state index < -0.39 is 0 Å². The highest BCUT2D eigenvalue weighted by Crippen LogP contribution is 2.16. The van der Waals surface area contributed by atoms with Crippen molar-refractivity contribution in [1.82, 2.24) is 0 Å². The summed E-state index contributed by atoms with van der Waals surface area (Å²) in [6.07, 6.45) is 11.5. The average molecular weight is 148 g/mol. The molecule has 0 amide bonds. The fourth-order valence-electron chi connectivity index (χ4n) is 0.862. The molecule has 0 bridgehead atoms. The summed E-state index contributed by atoms with van der Waals surface area (Å²) < 4.78 is 0. The molecule has 1 rings (SSSR count). The number of terminal acetylenes is 1. The van der Waals surface area contributed by atoms with Gasteiger partial charge in [0.25, 0.3) is 0 Å². The summed E-state index contributed by atoms with van der Waals surface area (Å²) in [4.78, 5) is 0. The van der Waals surface area contributed by atoms with Crippen LogP contribution in [0, 0.1) is 12.3 Å². The van der Waals surface area contributed by atoms with Gasteiger partial charge < -0.3 is 0 Å². The Morgan fingerprint density at radius 3 is 2.27 bits per heavy atom. The van der Waals surface area contributed by atoms with Crippen LogP contribution in [-0.2, 0) is 0 Å². The number of hydrogen-bond donors (Lipinski definition) is 0. The Hall–Kier alpha value is -0.960. The van der Waals surface area contributed by atoms with Gasteiger partial charge in [-0.3, -0.25) is 0 Å². The molecule has 0 unspecified atom stereocenters. The van der Waals surface area contributed by atoms with E-state index in [0.29, 0.717) is 0 Å². The van der Waals surface area contributed by atoms with Gasteiger partial charge >= 0.3 is 0 Å². The third-order valence-corrected chi connectivity index (χ3v) is 1.54. The summed E-state index contributed by atoms with van der Waals surface area (Å²) in [5, 5.41) is 0. The normalized spacial score (nSPS) is 15.1. The fourth-order valence-corrected chi connectivity index (χ4v) is 0.862. The minimum Gasteiger partial charge on any atom is -0.115 e. The minimum atomic E-state index is 1.05. The van der Waals surface area contributed by atoms with Crippen molar-refractivity contribution in [3.8, 4) is 12.3 Å². The van der Waals surface area contributed by atoms with E-state index in [-0.39, 0.29) is 0 Å². The van der Waals surface area contributed by atoms with Crippen molar-refractivity contribution < 1.29 is 0 Å². The van der Waals surface area contributed by atoms with Crippen LogP contribution >= 0.6 is 0 Å². The molecule has 0 saturated heterocycles. The van der Waals surface area contributed by atoms with Crippen LogP contribution in [0.25, 0.3) is 0 Å². The van der Waals surface area contributed by atoms with Crippen LogP contribution in [0.1, 0.15) is 33.6 Å². The molecule has 0 radical (unpaired) electrons. The Labute approximate surface area is 70.0 Å². The Morgan fingerprint density at radius 2 is 1.91 bits per heavy atom. The summed E-state index contributed by atoms with van der Waals surface area (Å²) in [6, 6.07) is 0. The van der Waals surface area contributed by atoms with Gasteiger partial charge in [-0.1, -0.05) is 37.5 Å². The molecule has 0 N–H and O–H groups in total. The zero-order valence-corrected chi connectivity index (χ0v) is 7.65. The molecule has 0 heteroatoms. The van der Waals surface area contributed by atoms with Gasteiger partial charge in [0.2, 0.25) is 0 Å². The average Bonchev–Trinajstić information content (AvgIpc) is 2.10. The lowest BCUT2D eigenvalue weighted by Gasteiger charge is -2.04. The van der Waals surface area contributed by atoms with Crippen LogP contribution < -0.4 is 0 Å². The van der Waals surface area contributed by atoms with Gasteiger partial charge in [0.1, 0.15) is 0 Å². The Bertz CT molecular complexity index is 199. The molecule has 0 nitrogen and oxygen atoms in total. The molecule has 0 spiro atoms. The lowest BCUT2D eigenvalue weighted by atomic mass is 10.0. The molecule has 1 aliphatic carbocycles. The molecule has 0 aliphatic heterocycles. The molecule has 0 saturated carbocycles. The maximum Gasteiger partial charge on any atom is 0.00207 e. The van der Waals surface area contributed by atoms with E-state index in [9.17, 15) is 0 Å². The molecular weight excluding hydrogens is 132 g/mol. The third-order valence-electron chi connectivity index (χ3n) is 1.54. The molecule has 11 heavy (non-hydrogen) atoms. The first kappa shape index (κ1) is 10.0. The molecule has 0 aromatic carbocycles. The number of hydrogen-bond acceptors (Lipinski definition) is 0. The van der Waals surface area contributed by atoms with Crippen LogP contribution in [0.15, 0.2) is 23.3 Å². The first-order valence-electron chi connectivity index (χ1n) is 4.16. The predicted molar refractivity (Wildman–Crippen MR) is 51.3 cm³/mol. The molecule has 0 aromatic rings. The van der Waals surface area contributed by atoms with E-state index in [4.69, 9.17) is 6.42 Å². The predicted octanol–water partition coefficient (Wildman–Crippen LogP) is 3.31. The van der Waals surface area contributed by atoms with Crippen molar-refractivity contribution in [2.24, 2.45) is 0 Å². The summed E-state index contributed by atoms with van der Waals surface area (Å²) in [7, 11) is 0. The van der Waals surface area contributed by atoms with Crippen LogP contribution in [0.2, 0.25) is 0 Å². The second-order valence-corrected chi connectivity index (χ2v) is 2.35. The maximum absolute atomic E-state index is 5.20. The van der Waals surface area contributed by atoms with E-state index in [1.165, 1.54) is 5.57 Å². The Balaban J connectivity index is 0.000000461. The number of rotatable bonds is 0. The first-order valence-corrected chi connectivity index (χ1v) is 4.16. The highest BCUT2D eigenvalue weighted by atomic mass is 14.0. The monoisotopic (exact) mass is 148 g/mol. The van der Waals surface area contributed by atoms with Crippen molar-refractivity contribution in [3.63, 3.8) is 0 Å².